The molecule has 3 rings (SSSR count). The molecular formula is C21H21IN2OS. The smallest absolute Gasteiger partial charge is 0.234 e. The summed E-state index contributed by atoms with van der Waals surface area (Å²) in [6.07, 6.45) is 0. The van der Waals surface area contributed by atoms with Crippen molar-refractivity contribution >= 4 is 56.9 Å². The van der Waals surface area contributed by atoms with Crippen LogP contribution in [-0.4, -0.2) is 16.6 Å². The standard InChI is InChI=1S/C21H21IN2OS/c1-12-7-15(4)21-17(8-12)13(2)10-20(24-21)26-11-19(25)23-18-6-5-16(22)9-14(18)3/h5-10H,11H2,1-4H3,(H,23,25). The lowest BCUT2D eigenvalue weighted by atomic mass is 10.0. The molecule has 0 saturated carbocycles. The summed E-state index contributed by atoms with van der Waals surface area (Å²) < 4.78 is 1.16. The number of pyridine rings is 1. The Morgan fingerprint density at radius 2 is 1.81 bits per heavy atom. The normalized spacial score (nSPS) is 11.0. The van der Waals surface area contributed by atoms with Crippen LogP contribution < -0.4 is 5.32 Å². The van der Waals surface area contributed by atoms with Gasteiger partial charge in [-0.3, -0.25) is 4.79 Å². The largest absolute Gasteiger partial charge is 0.325 e. The molecule has 0 radical (unpaired) electrons. The first-order valence-corrected chi connectivity index (χ1v) is 10.5. The minimum Gasteiger partial charge on any atom is -0.325 e. The number of hydrogen-bond acceptors (Lipinski definition) is 3. The van der Waals surface area contributed by atoms with E-state index in [4.69, 9.17) is 4.98 Å². The van der Waals surface area contributed by atoms with Gasteiger partial charge in [0.05, 0.1) is 16.3 Å². The lowest BCUT2D eigenvalue weighted by Crippen LogP contribution is -2.15. The van der Waals surface area contributed by atoms with Gasteiger partial charge >= 0.3 is 0 Å². The van der Waals surface area contributed by atoms with Gasteiger partial charge in [0.25, 0.3) is 0 Å². The summed E-state index contributed by atoms with van der Waals surface area (Å²) >= 11 is 3.74. The first-order chi connectivity index (χ1) is 12.3. The summed E-state index contributed by atoms with van der Waals surface area (Å²) in [5, 5.41) is 5.06. The highest BCUT2D eigenvalue weighted by Crippen LogP contribution is 2.27. The molecule has 0 aliphatic rings. The van der Waals surface area contributed by atoms with Crippen LogP contribution in [0.1, 0.15) is 22.3 Å². The van der Waals surface area contributed by atoms with Gasteiger partial charge in [-0.1, -0.05) is 23.4 Å². The van der Waals surface area contributed by atoms with Crippen molar-refractivity contribution in [3.63, 3.8) is 0 Å². The molecule has 0 fully saturated rings. The average Bonchev–Trinajstić information content (AvgIpc) is 2.56. The zero-order valence-corrected chi connectivity index (χ0v) is 18.3. The van der Waals surface area contributed by atoms with Crippen LogP contribution in [0.25, 0.3) is 10.9 Å². The number of carbonyl (C=O) groups is 1. The Balaban J connectivity index is 1.74. The molecule has 0 spiro atoms. The number of fused-ring (bicyclic) bond motifs is 1. The zero-order chi connectivity index (χ0) is 18.8. The van der Waals surface area contributed by atoms with E-state index >= 15 is 0 Å². The van der Waals surface area contributed by atoms with E-state index in [9.17, 15) is 4.79 Å². The Bertz CT molecular complexity index is 1000. The first-order valence-electron chi connectivity index (χ1n) is 8.41. The molecule has 134 valence electrons. The maximum absolute atomic E-state index is 12.3. The molecule has 1 amide bonds. The van der Waals surface area contributed by atoms with Gasteiger partial charge in [0.1, 0.15) is 0 Å². The molecule has 0 aliphatic heterocycles. The Kier molecular flexibility index (Phi) is 5.87. The number of nitrogens with one attached hydrogen (secondary N) is 1. The third-order valence-electron chi connectivity index (χ3n) is 4.25. The van der Waals surface area contributed by atoms with Gasteiger partial charge in [0.15, 0.2) is 0 Å². The molecule has 1 aromatic heterocycles. The van der Waals surface area contributed by atoms with Gasteiger partial charge in [0, 0.05) is 14.6 Å². The van der Waals surface area contributed by atoms with Crippen LogP contribution in [-0.2, 0) is 4.79 Å². The minimum absolute atomic E-state index is 0.0144. The fourth-order valence-electron chi connectivity index (χ4n) is 2.98. The summed E-state index contributed by atoms with van der Waals surface area (Å²) in [6.45, 7) is 8.29. The number of rotatable bonds is 4. The SMILES string of the molecule is Cc1cc(C)c2nc(SCC(=O)Nc3ccc(I)cc3C)cc(C)c2c1. The van der Waals surface area contributed by atoms with E-state index in [2.05, 4.69) is 72.9 Å². The van der Waals surface area contributed by atoms with Crippen molar-refractivity contribution in [3.8, 4) is 0 Å². The van der Waals surface area contributed by atoms with E-state index in [1.165, 1.54) is 33.8 Å². The predicted molar refractivity (Wildman–Crippen MR) is 119 cm³/mol. The summed E-state index contributed by atoms with van der Waals surface area (Å²) in [4.78, 5) is 17.1. The second-order valence-corrected chi connectivity index (χ2v) is 8.79. The zero-order valence-electron chi connectivity index (χ0n) is 15.3. The second kappa shape index (κ2) is 7.96. The molecule has 3 nitrogen and oxygen atoms in total. The Labute approximate surface area is 172 Å². The van der Waals surface area contributed by atoms with Crippen molar-refractivity contribution in [3.05, 3.63) is 62.2 Å². The van der Waals surface area contributed by atoms with E-state index in [0.29, 0.717) is 5.75 Å². The summed E-state index contributed by atoms with van der Waals surface area (Å²) in [7, 11) is 0. The summed E-state index contributed by atoms with van der Waals surface area (Å²) in [6, 6.07) is 12.4. The molecule has 2 aromatic carbocycles. The Morgan fingerprint density at radius 3 is 2.54 bits per heavy atom. The fourth-order valence-corrected chi connectivity index (χ4v) is 4.40. The second-order valence-electron chi connectivity index (χ2n) is 6.55. The number of hydrogen-bond donors (Lipinski definition) is 1. The highest BCUT2D eigenvalue weighted by atomic mass is 127. The average molecular weight is 476 g/mol. The number of aryl methyl sites for hydroxylation is 4. The molecule has 0 atom stereocenters. The van der Waals surface area contributed by atoms with E-state index < -0.39 is 0 Å². The summed E-state index contributed by atoms with van der Waals surface area (Å²) in [5.41, 5.74) is 6.56. The first kappa shape index (κ1) is 19.2. The number of amides is 1. The fraction of sp³-hybridized carbons (Fsp3) is 0.238. The van der Waals surface area contributed by atoms with Crippen LogP contribution in [0, 0.1) is 31.3 Å². The van der Waals surface area contributed by atoms with Gasteiger partial charge in [0.2, 0.25) is 5.91 Å². The third-order valence-corrected chi connectivity index (χ3v) is 5.83. The minimum atomic E-state index is -0.0144. The maximum atomic E-state index is 12.3. The lowest BCUT2D eigenvalue weighted by molar-refractivity contribution is -0.113. The van der Waals surface area contributed by atoms with Crippen LogP contribution in [0.5, 0.6) is 0 Å². The number of benzene rings is 2. The Morgan fingerprint density at radius 1 is 1.04 bits per heavy atom. The molecule has 26 heavy (non-hydrogen) atoms. The number of nitrogens with zero attached hydrogens (tertiary/aromatic N) is 1. The highest BCUT2D eigenvalue weighted by molar-refractivity contribution is 14.1. The lowest BCUT2D eigenvalue weighted by Gasteiger charge is -2.11. The van der Waals surface area contributed by atoms with Crippen molar-refractivity contribution in [2.75, 3.05) is 11.1 Å². The van der Waals surface area contributed by atoms with Crippen molar-refractivity contribution in [2.45, 2.75) is 32.7 Å². The van der Waals surface area contributed by atoms with E-state index in [-0.39, 0.29) is 5.91 Å². The van der Waals surface area contributed by atoms with Gasteiger partial charge in [-0.25, -0.2) is 4.98 Å². The number of aromatic nitrogens is 1. The van der Waals surface area contributed by atoms with Gasteiger partial charge in [-0.15, -0.1) is 0 Å². The van der Waals surface area contributed by atoms with E-state index in [1.54, 1.807) is 0 Å². The van der Waals surface area contributed by atoms with Gasteiger partial charge in [-0.2, -0.15) is 0 Å². The maximum Gasteiger partial charge on any atom is 0.234 e. The quantitative estimate of drug-likeness (QED) is 0.382. The summed E-state index contributed by atoms with van der Waals surface area (Å²) in [5.74, 6) is 0.327. The monoisotopic (exact) mass is 476 g/mol. The van der Waals surface area contributed by atoms with Crippen LogP contribution in [0.15, 0.2) is 41.4 Å². The molecule has 0 saturated heterocycles. The van der Waals surface area contributed by atoms with Crippen LogP contribution in [0.3, 0.4) is 0 Å². The number of halogens is 1. The van der Waals surface area contributed by atoms with Gasteiger partial charge < -0.3 is 5.32 Å². The number of thioether (sulfide) groups is 1. The molecule has 0 bridgehead atoms. The van der Waals surface area contributed by atoms with Crippen molar-refractivity contribution < 1.29 is 4.79 Å². The number of anilines is 1. The molecule has 1 N–H and O–H groups in total. The van der Waals surface area contributed by atoms with Crippen LogP contribution >= 0.6 is 34.4 Å². The van der Waals surface area contributed by atoms with E-state index in [0.717, 1.165) is 25.4 Å². The van der Waals surface area contributed by atoms with Crippen molar-refractivity contribution in [1.29, 1.82) is 0 Å². The van der Waals surface area contributed by atoms with Crippen LogP contribution in [0.2, 0.25) is 0 Å². The molecule has 0 aliphatic carbocycles. The molecule has 0 unspecified atom stereocenters. The molecular weight excluding hydrogens is 455 g/mol. The van der Waals surface area contributed by atoms with Crippen molar-refractivity contribution in [1.82, 2.24) is 4.98 Å². The molecule has 5 heteroatoms. The number of carbonyl (C=O) groups excluding carboxylic acids is 1. The topological polar surface area (TPSA) is 42.0 Å². The van der Waals surface area contributed by atoms with Crippen molar-refractivity contribution in [2.24, 2.45) is 0 Å². The van der Waals surface area contributed by atoms with Crippen LogP contribution in [0.4, 0.5) is 5.69 Å². The van der Waals surface area contributed by atoms with Gasteiger partial charge in [-0.05, 0) is 97.3 Å². The highest BCUT2D eigenvalue weighted by Gasteiger charge is 2.10. The predicted octanol–water partition coefficient (Wildman–Crippen LogP) is 5.80. The molecule has 3 aromatic rings. The van der Waals surface area contributed by atoms with E-state index in [1.807, 2.05) is 19.1 Å². The third kappa shape index (κ3) is 4.38. The molecule has 1 heterocycles. The Hall–Kier alpha value is -1.60.